The van der Waals surface area contributed by atoms with Crippen LogP contribution in [-0.2, 0) is 11.3 Å². The van der Waals surface area contributed by atoms with Gasteiger partial charge >= 0.3 is 0 Å². The fraction of sp³-hybridized carbons (Fsp3) is 0.533. The summed E-state index contributed by atoms with van der Waals surface area (Å²) in [6, 6.07) is 4.50. The molecule has 2 nitrogen and oxygen atoms in total. The van der Waals surface area contributed by atoms with Crippen molar-refractivity contribution in [3.63, 3.8) is 0 Å². The molecule has 1 saturated carbocycles. The van der Waals surface area contributed by atoms with E-state index in [9.17, 15) is 4.39 Å². The van der Waals surface area contributed by atoms with Crippen molar-refractivity contribution in [2.75, 3.05) is 0 Å². The summed E-state index contributed by atoms with van der Waals surface area (Å²) >= 11 is 4.95. The first-order chi connectivity index (χ1) is 9.06. The Bertz CT molecular complexity index is 463. The third kappa shape index (κ3) is 3.98. The highest BCUT2D eigenvalue weighted by molar-refractivity contribution is 7.80. The topological polar surface area (TPSA) is 35.2 Å². The van der Waals surface area contributed by atoms with Gasteiger partial charge in [-0.2, -0.15) is 0 Å². The fourth-order valence-corrected chi connectivity index (χ4v) is 2.83. The van der Waals surface area contributed by atoms with Crippen LogP contribution in [0.2, 0.25) is 0 Å². The van der Waals surface area contributed by atoms with E-state index >= 15 is 0 Å². The monoisotopic (exact) mass is 281 g/mol. The van der Waals surface area contributed by atoms with Gasteiger partial charge in [-0.05, 0) is 36.5 Å². The van der Waals surface area contributed by atoms with E-state index in [0.29, 0.717) is 18.3 Å². The molecule has 19 heavy (non-hydrogen) atoms. The summed E-state index contributed by atoms with van der Waals surface area (Å²) in [5.41, 5.74) is 7.07. The van der Waals surface area contributed by atoms with Crippen LogP contribution in [0.1, 0.15) is 43.7 Å². The van der Waals surface area contributed by atoms with Crippen LogP contribution in [0.15, 0.2) is 18.2 Å². The summed E-state index contributed by atoms with van der Waals surface area (Å²) in [4.78, 5) is 0.218. The number of hydrogen-bond donors (Lipinski definition) is 1. The molecule has 2 N–H and O–H groups in total. The molecule has 0 heterocycles. The smallest absolute Gasteiger partial charge is 0.123 e. The molecule has 4 heteroatoms. The number of thiocarbonyl (C=S) groups is 1. The molecule has 0 aliphatic heterocycles. The predicted molar refractivity (Wildman–Crippen MR) is 78.5 cm³/mol. The Morgan fingerprint density at radius 2 is 2.26 bits per heavy atom. The number of hydrogen-bond acceptors (Lipinski definition) is 2. The zero-order valence-corrected chi connectivity index (χ0v) is 12.0. The van der Waals surface area contributed by atoms with Gasteiger partial charge in [0.1, 0.15) is 10.8 Å². The molecule has 0 saturated heterocycles. The van der Waals surface area contributed by atoms with Crippen molar-refractivity contribution in [3.8, 4) is 0 Å². The Morgan fingerprint density at radius 1 is 1.47 bits per heavy atom. The maximum absolute atomic E-state index is 13.2. The third-order valence-electron chi connectivity index (χ3n) is 3.70. The maximum atomic E-state index is 13.2. The molecule has 1 aliphatic rings. The minimum atomic E-state index is -0.321. The molecular weight excluding hydrogens is 261 g/mol. The fourth-order valence-electron chi connectivity index (χ4n) is 2.64. The Balaban J connectivity index is 2.01. The van der Waals surface area contributed by atoms with Crippen molar-refractivity contribution in [1.29, 1.82) is 0 Å². The molecule has 1 aliphatic carbocycles. The molecule has 2 rings (SSSR count). The highest BCUT2D eigenvalue weighted by atomic mass is 32.1. The van der Waals surface area contributed by atoms with Crippen molar-refractivity contribution in [1.82, 2.24) is 0 Å². The summed E-state index contributed by atoms with van der Waals surface area (Å²) < 4.78 is 19.1. The van der Waals surface area contributed by atoms with Crippen LogP contribution >= 0.6 is 12.2 Å². The van der Waals surface area contributed by atoms with Crippen molar-refractivity contribution < 1.29 is 9.13 Å². The van der Waals surface area contributed by atoms with Gasteiger partial charge in [0.05, 0.1) is 12.7 Å². The molecule has 0 aromatic heterocycles. The molecule has 1 aromatic rings. The lowest BCUT2D eigenvalue weighted by Gasteiger charge is -2.27. The van der Waals surface area contributed by atoms with Crippen LogP contribution in [0.4, 0.5) is 4.39 Å². The minimum absolute atomic E-state index is 0.218. The van der Waals surface area contributed by atoms with Crippen molar-refractivity contribution in [2.45, 2.75) is 45.3 Å². The van der Waals surface area contributed by atoms with Gasteiger partial charge in [-0.25, -0.2) is 4.39 Å². The lowest BCUT2D eigenvalue weighted by Crippen LogP contribution is -2.22. The van der Waals surface area contributed by atoms with Gasteiger partial charge in [0.15, 0.2) is 0 Å². The summed E-state index contributed by atoms with van der Waals surface area (Å²) in [6.07, 6.45) is 5.01. The lowest BCUT2D eigenvalue weighted by atomic mass is 9.89. The van der Waals surface area contributed by atoms with Gasteiger partial charge in [0, 0.05) is 5.56 Å². The van der Waals surface area contributed by atoms with Crippen LogP contribution < -0.4 is 5.73 Å². The van der Waals surface area contributed by atoms with E-state index in [1.807, 2.05) is 0 Å². The minimum Gasteiger partial charge on any atom is -0.389 e. The second-order valence-electron chi connectivity index (χ2n) is 5.37. The molecular formula is C15H20FNOS. The third-order valence-corrected chi connectivity index (χ3v) is 3.92. The summed E-state index contributed by atoms with van der Waals surface area (Å²) in [5.74, 6) is 0.403. The highest BCUT2D eigenvalue weighted by Gasteiger charge is 2.19. The van der Waals surface area contributed by atoms with E-state index in [1.165, 1.54) is 25.0 Å². The first-order valence-electron chi connectivity index (χ1n) is 6.76. The van der Waals surface area contributed by atoms with E-state index in [2.05, 4.69) is 6.92 Å². The van der Waals surface area contributed by atoms with Crippen LogP contribution in [-0.4, -0.2) is 11.1 Å². The second-order valence-corrected chi connectivity index (χ2v) is 5.81. The van der Waals surface area contributed by atoms with Gasteiger partial charge in [-0.3, -0.25) is 0 Å². The predicted octanol–water partition coefficient (Wildman–Crippen LogP) is 3.56. The summed E-state index contributed by atoms with van der Waals surface area (Å²) in [5, 5.41) is 0. The van der Waals surface area contributed by atoms with Gasteiger partial charge < -0.3 is 10.5 Å². The van der Waals surface area contributed by atoms with Crippen molar-refractivity contribution in [2.24, 2.45) is 11.7 Å². The SMILES string of the molecule is CC1CCCC(OCc2ccc(F)cc2C(N)=S)C1. The average molecular weight is 281 g/mol. The van der Waals surface area contributed by atoms with Crippen molar-refractivity contribution >= 4 is 17.2 Å². The molecule has 1 aromatic carbocycles. The van der Waals surface area contributed by atoms with Crippen LogP contribution in [0.5, 0.6) is 0 Å². The van der Waals surface area contributed by atoms with Crippen LogP contribution in [0.3, 0.4) is 0 Å². The standard InChI is InChI=1S/C15H20FNOS/c1-10-3-2-4-13(7-10)18-9-11-5-6-12(16)8-14(11)15(17)19/h5-6,8,10,13H,2-4,7,9H2,1H3,(H2,17,19). The molecule has 1 fully saturated rings. The van der Waals surface area contributed by atoms with Gasteiger partial charge in [-0.15, -0.1) is 0 Å². The number of halogens is 1. The van der Waals surface area contributed by atoms with Crippen molar-refractivity contribution in [3.05, 3.63) is 35.1 Å². The molecule has 104 valence electrons. The van der Waals surface area contributed by atoms with Gasteiger partial charge in [0.25, 0.3) is 0 Å². The Kier molecular flexibility index (Phi) is 4.88. The number of benzene rings is 1. The molecule has 0 radical (unpaired) electrons. The first kappa shape index (κ1) is 14.4. The summed E-state index contributed by atoms with van der Waals surface area (Å²) in [7, 11) is 0. The Hall–Kier alpha value is -1.00. The maximum Gasteiger partial charge on any atom is 0.123 e. The van der Waals surface area contributed by atoms with E-state index in [-0.39, 0.29) is 10.8 Å². The van der Waals surface area contributed by atoms with Crippen LogP contribution in [0.25, 0.3) is 0 Å². The Labute approximate surface area is 119 Å². The van der Waals surface area contributed by atoms with E-state index < -0.39 is 0 Å². The molecule has 0 spiro atoms. The van der Waals surface area contributed by atoms with E-state index in [1.54, 1.807) is 6.07 Å². The lowest BCUT2D eigenvalue weighted by molar-refractivity contribution is 0.00460. The number of ether oxygens (including phenoxy) is 1. The zero-order chi connectivity index (χ0) is 13.8. The second kappa shape index (κ2) is 6.44. The Morgan fingerprint density at radius 3 is 2.95 bits per heavy atom. The van der Waals surface area contributed by atoms with E-state index in [0.717, 1.165) is 24.3 Å². The van der Waals surface area contributed by atoms with Crippen LogP contribution in [0, 0.1) is 11.7 Å². The molecule has 0 amide bonds. The number of rotatable bonds is 4. The largest absolute Gasteiger partial charge is 0.389 e. The molecule has 2 unspecified atom stereocenters. The summed E-state index contributed by atoms with van der Waals surface area (Å²) in [6.45, 7) is 2.71. The first-order valence-corrected chi connectivity index (χ1v) is 7.17. The number of nitrogens with two attached hydrogens (primary N) is 1. The van der Waals surface area contributed by atoms with E-state index in [4.69, 9.17) is 22.7 Å². The molecule has 0 bridgehead atoms. The highest BCUT2D eigenvalue weighted by Crippen LogP contribution is 2.26. The quantitative estimate of drug-likeness (QED) is 0.857. The zero-order valence-electron chi connectivity index (χ0n) is 11.2. The normalized spacial score (nSPS) is 23.3. The molecule has 2 atom stereocenters. The van der Waals surface area contributed by atoms with Gasteiger partial charge in [-0.1, -0.05) is 38.0 Å². The van der Waals surface area contributed by atoms with Gasteiger partial charge in [0.2, 0.25) is 0 Å². The average Bonchev–Trinajstić information content (AvgIpc) is 2.37.